The van der Waals surface area contributed by atoms with E-state index in [4.69, 9.17) is 15.3 Å². The summed E-state index contributed by atoms with van der Waals surface area (Å²) in [6.45, 7) is 8.57. The average Bonchev–Trinajstić information content (AvgIpc) is 3.50. The third kappa shape index (κ3) is 3.38. The van der Waals surface area contributed by atoms with Gasteiger partial charge < -0.3 is 15.2 Å². The number of fused-ring (bicyclic) bond motifs is 1. The van der Waals surface area contributed by atoms with Crippen LogP contribution in [0.15, 0.2) is 17.0 Å². The number of hydrogen-bond donors (Lipinski definition) is 1. The van der Waals surface area contributed by atoms with Gasteiger partial charge in [-0.05, 0) is 62.6 Å². The number of rotatable bonds is 6. The highest BCUT2D eigenvalue weighted by molar-refractivity contribution is 5.83. The highest BCUT2D eigenvalue weighted by atomic mass is 16.6. The van der Waals surface area contributed by atoms with Crippen molar-refractivity contribution < 1.29 is 4.63 Å². The average molecular weight is 396 g/mol. The van der Waals surface area contributed by atoms with E-state index in [1.54, 1.807) is 0 Å². The molecular weight excluding hydrogens is 368 g/mol. The number of aryl methyl sites for hydroxylation is 1. The SMILES string of the molecule is CCn1c(-c2nonc2N)nc2cncc(CN3CCC[C@@H]3CN3CCCC3)c21. The summed E-state index contributed by atoms with van der Waals surface area (Å²) in [5, 5.41) is 7.67. The summed E-state index contributed by atoms with van der Waals surface area (Å²) >= 11 is 0. The molecule has 154 valence electrons. The summed E-state index contributed by atoms with van der Waals surface area (Å²) in [7, 11) is 0. The molecule has 5 rings (SSSR count). The van der Waals surface area contributed by atoms with E-state index >= 15 is 0 Å². The van der Waals surface area contributed by atoms with E-state index in [1.807, 2.05) is 12.4 Å². The van der Waals surface area contributed by atoms with Crippen LogP contribution in [-0.4, -0.2) is 66.9 Å². The Hall–Kier alpha value is -2.52. The van der Waals surface area contributed by atoms with Gasteiger partial charge in [0.1, 0.15) is 5.52 Å². The molecule has 0 unspecified atom stereocenters. The molecule has 0 aromatic carbocycles. The first kappa shape index (κ1) is 18.5. The summed E-state index contributed by atoms with van der Waals surface area (Å²) in [6.07, 6.45) is 9.02. The van der Waals surface area contributed by atoms with Crippen molar-refractivity contribution in [1.29, 1.82) is 0 Å². The second kappa shape index (κ2) is 7.72. The van der Waals surface area contributed by atoms with E-state index < -0.39 is 0 Å². The highest BCUT2D eigenvalue weighted by Gasteiger charge is 2.29. The van der Waals surface area contributed by atoms with Gasteiger partial charge in [0.2, 0.25) is 0 Å². The van der Waals surface area contributed by atoms with Crippen LogP contribution in [0.25, 0.3) is 22.6 Å². The Balaban J connectivity index is 1.47. The Morgan fingerprint density at radius 2 is 2.00 bits per heavy atom. The van der Waals surface area contributed by atoms with Gasteiger partial charge in [-0.3, -0.25) is 9.88 Å². The number of likely N-dealkylation sites (tertiary alicyclic amines) is 2. The monoisotopic (exact) mass is 396 g/mol. The van der Waals surface area contributed by atoms with Crippen LogP contribution >= 0.6 is 0 Å². The molecule has 9 nitrogen and oxygen atoms in total. The fourth-order valence-corrected chi connectivity index (χ4v) is 4.91. The molecule has 1 atom stereocenters. The fraction of sp³-hybridized carbons (Fsp3) is 0.600. The van der Waals surface area contributed by atoms with E-state index in [-0.39, 0.29) is 5.82 Å². The van der Waals surface area contributed by atoms with Crippen LogP contribution in [0.2, 0.25) is 0 Å². The lowest BCUT2D eigenvalue weighted by Crippen LogP contribution is -2.39. The van der Waals surface area contributed by atoms with Crippen LogP contribution in [0.5, 0.6) is 0 Å². The molecule has 2 aliphatic heterocycles. The molecule has 2 fully saturated rings. The van der Waals surface area contributed by atoms with Crippen LogP contribution in [0.4, 0.5) is 5.82 Å². The zero-order valence-electron chi connectivity index (χ0n) is 16.9. The Morgan fingerprint density at radius 1 is 1.14 bits per heavy atom. The summed E-state index contributed by atoms with van der Waals surface area (Å²) in [5.41, 5.74) is 9.59. The van der Waals surface area contributed by atoms with Gasteiger partial charge in [0, 0.05) is 37.4 Å². The van der Waals surface area contributed by atoms with Crippen molar-refractivity contribution in [3.05, 3.63) is 18.0 Å². The molecule has 2 aliphatic rings. The van der Waals surface area contributed by atoms with E-state index in [0.717, 1.165) is 30.7 Å². The molecule has 0 radical (unpaired) electrons. The van der Waals surface area contributed by atoms with Gasteiger partial charge in [0.15, 0.2) is 17.3 Å². The topological polar surface area (TPSA) is 102 Å². The lowest BCUT2D eigenvalue weighted by atomic mass is 10.1. The molecule has 0 aliphatic carbocycles. The van der Waals surface area contributed by atoms with Crippen molar-refractivity contribution >= 4 is 16.9 Å². The van der Waals surface area contributed by atoms with Crippen LogP contribution < -0.4 is 5.73 Å². The zero-order chi connectivity index (χ0) is 19.8. The van der Waals surface area contributed by atoms with Gasteiger partial charge in [-0.2, -0.15) is 0 Å². The summed E-state index contributed by atoms with van der Waals surface area (Å²) in [6, 6.07) is 0.621. The van der Waals surface area contributed by atoms with Gasteiger partial charge in [-0.15, -0.1) is 0 Å². The van der Waals surface area contributed by atoms with E-state index in [9.17, 15) is 0 Å². The summed E-state index contributed by atoms with van der Waals surface area (Å²) in [4.78, 5) is 14.5. The quantitative estimate of drug-likeness (QED) is 0.676. The van der Waals surface area contributed by atoms with Crippen molar-refractivity contribution in [2.45, 2.75) is 51.7 Å². The largest absolute Gasteiger partial charge is 0.379 e. The van der Waals surface area contributed by atoms with E-state index in [1.165, 1.54) is 50.9 Å². The standard InChI is InChI=1S/C20H28N8O/c1-2-28-18-14(12-27-9-5-6-15(27)13-26-7-3-4-8-26)10-22-11-16(18)23-20(28)17-19(21)25-29-24-17/h10-11,15H,2-9,12-13H2,1H3,(H2,21,25)/t15-/m1/s1. The fourth-order valence-electron chi connectivity index (χ4n) is 4.91. The minimum Gasteiger partial charge on any atom is -0.379 e. The maximum atomic E-state index is 5.93. The second-order valence-corrected chi connectivity index (χ2v) is 8.12. The Bertz CT molecular complexity index is 990. The van der Waals surface area contributed by atoms with Gasteiger partial charge in [-0.25, -0.2) is 9.61 Å². The molecule has 2 saturated heterocycles. The first-order chi connectivity index (χ1) is 14.2. The predicted molar refractivity (Wildman–Crippen MR) is 110 cm³/mol. The van der Waals surface area contributed by atoms with Crippen molar-refractivity contribution in [2.75, 3.05) is 31.9 Å². The van der Waals surface area contributed by atoms with E-state index in [2.05, 4.69) is 36.6 Å². The highest BCUT2D eigenvalue weighted by Crippen LogP contribution is 2.30. The number of nitrogens with zero attached hydrogens (tertiary/aromatic N) is 7. The van der Waals surface area contributed by atoms with Crippen molar-refractivity contribution in [1.82, 2.24) is 34.6 Å². The maximum absolute atomic E-state index is 5.93. The number of aromatic nitrogens is 5. The number of imidazole rings is 1. The van der Waals surface area contributed by atoms with Crippen molar-refractivity contribution in [3.8, 4) is 11.5 Å². The molecule has 0 amide bonds. The Labute approximate surface area is 169 Å². The number of anilines is 1. The number of pyridine rings is 1. The lowest BCUT2D eigenvalue weighted by molar-refractivity contribution is 0.185. The third-order valence-corrected chi connectivity index (χ3v) is 6.31. The summed E-state index contributed by atoms with van der Waals surface area (Å²) in [5.74, 6) is 0.945. The Kier molecular flexibility index (Phi) is 4.92. The minimum absolute atomic E-state index is 0.259. The van der Waals surface area contributed by atoms with Gasteiger partial charge >= 0.3 is 0 Å². The van der Waals surface area contributed by atoms with Crippen LogP contribution in [-0.2, 0) is 13.1 Å². The van der Waals surface area contributed by atoms with Crippen molar-refractivity contribution in [3.63, 3.8) is 0 Å². The zero-order valence-corrected chi connectivity index (χ0v) is 16.9. The van der Waals surface area contributed by atoms with Crippen LogP contribution in [0.1, 0.15) is 38.2 Å². The number of nitrogen functional groups attached to an aromatic ring is 1. The minimum atomic E-state index is 0.259. The normalized spacial score (nSPS) is 20.9. The molecular formula is C20H28N8O. The van der Waals surface area contributed by atoms with Gasteiger partial charge in [0.25, 0.3) is 0 Å². The smallest absolute Gasteiger partial charge is 0.199 e. The van der Waals surface area contributed by atoms with Crippen molar-refractivity contribution in [2.24, 2.45) is 0 Å². The molecule has 0 spiro atoms. The van der Waals surface area contributed by atoms with Gasteiger partial charge in [0.05, 0.1) is 11.7 Å². The third-order valence-electron chi connectivity index (χ3n) is 6.31. The first-order valence-corrected chi connectivity index (χ1v) is 10.6. The lowest BCUT2D eigenvalue weighted by Gasteiger charge is -2.28. The molecule has 29 heavy (non-hydrogen) atoms. The van der Waals surface area contributed by atoms with Crippen LogP contribution in [0, 0.1) is 0 Å². The maximum Gasteiger partial charge on any atom is 0.199 e. The van der Waals surface area contributed by atoms with Gasteiger partial charge in [-0.1, -0.05) is 0 Å². The Morgan fingerprint density at radius 3 is 2.76 bits per heavy atom. The number of nitrogens with two attached hydrogens (primary N) is 1. The second-order valence-electron chi connectivity index (χ2n) is 8.12. The van der Waals surface area contributed by atoms with Crippen LogP contribution in [0.3, 0.4) is 0 Å². The predicted octanol–water partition coefficient (Wildman–Crippen LogP) is 2.14. The molecule has 0 bridgehead atoms. The molecule has 0 saturated carbocycles. The molecule has 3 aromatic rings. The molecule has 5 heterocycles. The summed E-state index contributed by atoms with van der Waals surface area (Å²) < 4.78 is 6.95. The van der Waals surface area contributed by atoms with E-state index in [0.29, 0.717) is 17.6 Å². The number of hydrogen-bond acceptors (Lipinski definition) is 8. The molecule has 2 N–H and O–H groups in total. The molecule has 9 heteroatoms. The molecule has 3 aromatic heterocycles. The first-order valence-electron chi connectivity index (χ1n) is 10.6.